The Bertz CT molecular complexity index is 1120. The molecule has 0 aliphatic carbocycles. The number of methoxy groups -OCH3 is 1. The lowest BCUT2D eigenvalue weighted by molar-refractivity contribution is -0.122. The Kier molecular flexibility index (Phi) is 10.6. The first-order chi connectivity index (χ1) is 17.9. The number of anilines is 1. The molecule has 1 saturated heterocycles. The van der Waals surface area contributed by atoms with Crippen LogP contribution >= 0.6 is 11.6 Å². The van der Waals surface area contributed by atoms with E-state index in [0.29, 0.717) is 13.0 Å². The van der Waals surface area contributed by atoms with Crippen molar-refractivity contribution >= 4 is 34.2 Å². The zero-order valence-corrected chi connectivity index (χ0v) is 25.4. The standard InChI is InChI=1S/C29H43ClN4O3S/c1-20-16-24(37-7)17-21(2)28(20)38(36)33(6)13-12-27(35)32-23-10-14-34(15-11-23)26-9-8-22(18-25(26)30)19-31-29(3,4)5/h8-9,16-18,23,31H,10-15,19H2,1-7H3,(H,32,35). The SMILES string of the molecule is COc1cc(C)c(S(=O)N(C)CCC(=O)NC2CCN(c3ccc(CNC(C)(C)C)cc3Cl)CC2)c(C)c1. The second kappa shape index (κ2) is 13.3. The van der Waals surface area contributed by atoms with Gasteiger partial charge in [0.15, 0.2) is 0 Å². The quantitative estimate of drug-likeness (QED) is 0.427. The molecule has 1 amide bonds. The number of halogens is 1. The molecular weight excluding hydrogens is 520 g/mol. The predicted octanol–water partition coefficient (Wildman–Crippen LogP) is 4.98. The van der Waals surface area contributed by atoms with E-state index in [0.717, 1.165) is 65.0 Å². The second-order valence-electron chi connectivity index (χ2n) is 11.2. The fraction of sp³-hybridized carbons (Fsp3) is 0.552. The van der Waals surface area contributed by atoms with E-state index in [-0.39, 0.29) is 17.5 Å². The smallest absolute Gasteiger partial charge is 0.221 e. The van der Waals surface area contributed by atoms with Crippen LogP contribution in [0.3, 0.4) is 0 Å². The highest BCUT2D eigenvalue weighted by Gasteiger charge is 2.23. The average Bonchev–Trinajstić information content (AvgIpc) is 2.85. The maximum atomic E-state index is 13.1. The monoisotopic (exact) mass is 562 g/mol. The molecule has 1 fully saturated rings. The molecule has 0 bridgehead atoms. The lowest BCUT2D eigenvalue weighted by Crippen LogP contribution is -2.45. The molecule has 0 spiro atoms. The van der Waals surface area contributed by atoms with E-state index in [2.05, 4.69) is 48.4 Å². The van der Waals surface area contributed by atoms with Crippen LogP contribution in [0.5, 0.6) is 5.75 Å². The summed E-state index contributed by atoms with van der Waals surface area (Å²) in [6, 6.07) is 10.2. The molecule has 2 N–H and O–H groups in total. The molecule has 0 saturated carbocycles. The van der Waals surface area contributed by atoms with Gasteiger partial charge in [-0.1, -0.05) is 17.7 Å². The summed E-state index contributed by atoms with van der Waals surface area (Å²) in [5.74, 6) is 0.741. The van der Waals surface area contributed by atoms with E-state index in [1.165, 1.54) is 5.56 Å². The van der Waals surface area contributed by atoms with Gasteiger partial charge >= 0.3 is 0 Å². The highest BCUT2D eigenvalue weighted by Crippen LogP contribution is 2.30. The van der Waals surface area contributed by atoms with Crippen LogP contribution in [-0.2, 0) is 22.3 Å². The van der Waals surface area contributed by atoms with Crippen LogP contribution < -0.4 is 20.3 Å². The number of rotatable bonds is 10. The van der Waals surface area contributed by atoms with Crippen LogP contribution in [0.25, 0.3) is 0 Å². The first kappa shape index (κ1) is 30.4. The number of ether oxygens (including phenoxy) is 1. The van der Waals surface area contributed by atoms with Crippen molar-refractivity contribution in [3.63, 3.8) is 0 Å². The van der Waals surface area contributed by atoms with Gasteiger partial charge in [-0.25, -0.2) is 8.51 Å². The molecule has 9 heteroatoms. The Morgan fingerprint density at radius 3 is 2.34 bits per heavy atom. The molecule has 38 heavy (non-hydrogen) atoms. The third-order valence-electron chi connectivity index (χ3n) is 6.82. The zero-order valence-electron chi connectivity index (χ0n) is 23.8. The third-order valence-corrected chi connectivity index (χ3v) is 8.86. The number of amides is 1. The minimum Gasteiger partial charge on any atom is -0.497 e. The number of nitrogens with one attached hydrogen (secondary N) is 2. The van der Waals surface area contributed by atoms with Gasteiger partial charge in [-0.15, -0.1) is 0 Å². The summed E-state index contributed by atoms with van der Waals surface area (Å²) in [6.45, 7) is 13.2. The fourth-order valence-corrected chi connectivity index (χ4v) is 6.21. The summed E-state index contributed by atoms with van der Waals surface area (Å²) in [6.07, 6.45) is 2.02. The van der Waals surface area contributed by atoms with Crippen molar-refractivity contribution in [1.82, 2.24) is 14.9 Å². The van der Waals surface area contributed by atoms with E-state index in [1.54, 1.807) is 18.5 Å². The van der Waals surface area contributed by atoms with Gasteiger partial charge in [0.2, 0.25) is 5.91 Å². The molecule has 1 atom stereocenters. The fourth-order valence-electron chi connectivity index (χ4n) is 4.65. The van der Waals surface area contributed by atoms with Gasteiger partial charge in [-0.2, -0.15) is 0 Å². The van der Waals surface area contributed by atoms with Gasteiger partial charge in [0.1, 0.15) is 16.7 Å². The van der Waals surface area contributed by atoms with Crippen molar-refractivity contribution in [2.24, 2.45) is 0 Å². The minimum absolute atomic E-state index is 0.00999. The number of aryl methyl sites for hydroxylation is 2. The number of hydrogen-bond acceptors (Lipinski definition) is 5. The van der Waals surface area contributed by atoms with Crippen molar-refractivity contribution in [1.29, 1.82) is 0 Å². The molecule has 7 nitrogen and oxygen atoms in total. The van der Waals surface area contributed by atoms with Crippen molar-refractivity contribution in [2.75, 3.05) is 38.7 Å². The van der Waals surface area contributed by atoms with Gasteiger partial charge in [-0.3, -0.25) is 4.79 Å². The predicted molar refractivity (Wildman–Crippen MR) is 158 cm³/mol. The number of piperidine rings is 1. The largest absolute Gasteiger partial charge is 0.497 e. The van der Waals surface area contributed by atoms with Gasteiger partial charge in [-0.05, 0) is 88.4 Å². The van der Waals surface area contributed by atoms with Crippen LogP contribution in [0.4, 0.5) is 5.69 Å². The van der Waals surface area contributed by atoms with Gasteiger partial charge in [0.05, 0.1) is 22.7 Å². The summed E-state index contributed by atoms with van der Waals surface area (Å²) < 4.78 is 20.2. The molecule has 2 aromatic carbocycles. The molecule has 1 unspecified atom stereocenters. The molecule has 2 aromatic rings. The van der Waals surface area contributed by atoms with Crippen LogP contribution in [0.15, 0.2) is 35.2 Å². The van der Waals surface area contributed by atoms with E-state index in [1.807, 2.05) is 32.0 Å². The molecule has 210 valence electrons. The highest BCUT2D eigenvalue weighted by atomic mass is 35.5. The summed E-state index contributed by atoms with van der Waals surface area (Å²) >= 11 is 6.63. The summed E-state index contributed by atoms with van der Waals surface area (Å²) in [7, 11) is 2.07. The Morgan fingerprint density at radius 2 is 1.79 bits per heavy atom. The zero-order chi connectivity index (χ0) is 28.0. The first-order valence-corrected chi connectivity index (χ1v) is 14.7. The molecule has 0 radical (unpaired) electrons. The summed E-state index contributed by atoms with van der Waals surface area (Å²) in [5, 5.41) is 7.42. The summed E-state index contributed by atoms with van der Waals surface area (Å²) in [4.78, 5) is 15.7. The molecule has 1 heterocycles. The second-order valence-corrected chi connectivity index (χ2v) is 13.1. The first-order valence-electron chi connectivity index (χ1n) is 13.2. The van der Waals surface area contributed by atoms with Crippen LogP contribution in [0.2, 0.25) is 5.02 Å². The number of hydrogen-bond donors (Lipinski definition) is 2. The maximum absolute atomic E-state index is 13.1. The Labute approximate surface area is 235 Å². The average molecular weight is 563 g/mol. The highest BCUT2D eigenvalue weighted by molar-refractivity contribution is 7.82. The minimum atomic E-state index is -1.35. The van der Waals surface area contributed by atoms with Crippen LogP contribution in [0, 0.1) is 13.8 Å². The number of nitrogens with zero attached hydrogens (tertiary/aromatic N) is 2. The van der Waals surface area contributed by atoms with Crippen LogP contribution in [0.1, 0.15) is 56.7 Å². The molecule has 1 aliphatic heterocycles. The summed E-state index contributed by atoms with van der Waals surface area (Å²) in [5.41, 5.74) is 4.10. The van der Waals surface area contributed by atoms with Crippen molar-refractivity contribution < 1.29 is 13.7 Å². The number of carbonyl (C=O) groups is 1. The third kappa shape index (κ3) is 8.43. The van der Waals surface area contributed by atoms with E-state index < -0.39 is 11.0 Å². The van der Waals surface area contributed by atoms with Gasteiger partial charge in [0, 0.05) is 51.2 Å². The normalized spacial score (nSPS) is 15.6. The molecule has 3 rings (SSSR count). The van der Waals surface area contributed by atoms with Gasteiger partial charge in [0.25, 0.3) is 0 Å². The Hall–Kier alpha value is -2.13. The topological polar surface area (TPSA) is 73.9 Å². The lowest BCUT2D eigenvalue weighted by atomic mass is 10.0. The van der Waals surface area contributed by atoms with E-state index in [4.69, 9.17) is 16.3 Å². The molecule has 1 aliphatic rings. The molecular formula is C29H43ClN4O3S. The van der Waals surface area contributed by atoms with Gasteiger partial charge < -0.3 is 20.3 Å². The van der Waals surface area contributed by atoms with E-state index >= 15 is 0 Å². The lowest BCUT2D eigenvalue weighted by Gasteiger charge is -2.34. The number of carbonyl (C=O) groups excluding carboxylic acids is 1. The number of benzene rings is 2. The van der Waals surface area contributed by atoms with Crippen LogP contribution in [-0.4, -0.2) is 59.8 Å². The Balaban J connectivity index is 1.46. The van der Waals surface area contributed by atoms with Crippen molar-refractivity contribution in [3.8, 4) is 5.75 Å². The van der Waals surface area contributed by atoms with Crippen molar-refractivity contribution in [2.45, 2.75) is 76.9 Å². The maximum Gasteiger partial charge on any atom is 0.221 e. The van der Waals surface area contributed by atoms with Crippen molar-refractivity contribution in [3.05, 3.63) is 52.0 Å². The van der Waals surface area contributed by atoms with E-state index in [9.17, 15) is 9.00 Å². The Morgan fingerprint density at radius 1 is 1.16 bits per heavy atom. The molecule has 0 aromatic heterocycles.